The number of carbonyl (C=O) groups is 1. The molecule has 0 bridgehead atoms. The summed E-state index contributed by atoms with van der Waals surface area (Å²) in [5.74, 6) is -0.300. The van der Waals surface area contributed by atoms with E-state index in [9.17, 15) is 4.79 Å². The van der Waals surface area contributed by atoms with Crippen LogP contribution in [0.15, 0.2) is 15.4 Å². The van der Waals surface area contributed by atoms with Crippen LogP contribution in [-0.4, -0.2) is 27.9 Å². The molecule has 0 spiro atoms. The summed E-state index contributed by atoms with van der Waals surface area (Å²) in [5, 5.41) is 5.08. The number of carbonyl (C=O) groups excluding carboxylic acids is 1. The lowest BCUT2D eigenvalue weighted by molar-refractivity contribution is -0.110. The number of nitrogens with zero attached hydrogens (tertiary/aromatic N) is 3. The van der Waals surface area contributed by atoms with Gasteiger partial charge in [-0.05, 0) is 6.42 Å². The van der Waals surface area contributed by atoms with Crippen LogP contribution in [0.4, 0.5) is 5.13 Å². The first kappa shape index (κ1) is 11.0. The number of hydrogen-bond acceptors (Lipinski definition) is 5. The first-order chi connectivity index (χ1) is 7.69. The van der Waals surface area contributed by atoms with Gasteiger partial charge in [-0.15, -0.1) is 11.3 Å². The van der Waals surface area contributed by atoms with Crippen molar-refractivity contribution in [1.82, 2.24) is 4.98 Å². The second-order valence-corrected chi connectivity index (χ2v) is 4.26. The fourth-order valence-electron chi connectivity index (χ4n) is 1.07. The van der Waals surface area contributed by atoms with E-state index in [-0.39, 0.29) is 11.7 Å². The number of nitrogens with one attached hydrogen (secondary N) is 1. The molecule has 0 fully saturated rings. The zero-order valence-electron chi connectivity index (χ0n) is 8.43. The summed E-state index contributed by atoms with van der Waals surface area (Å²) in [6.45, 7) is 2.00. The van der Waals surface area contributed by atoms with Gasteiger partial charge in [0.1, 0.15) is 4.99 Å². The van der Waals surface area contributed by atoms with E-state index >= 15 is 0 Å². The molecule has 0 atom stereocenters. The number of thiazole rings is 1. The van der Waals surface area contributed by atoms with Crippen LogP contribution in [0, 0.1) is 0 Å². The van der Waals surface area contributed by atoms with Crippen LogP contribution in [0.3, 0.4) is 0 Å². The van der Waals surface area contributed by atoms with Gasteiger partial charge in [0.2, 0.25) is 5.84 Å². The lowest BCUT2D eigenvalue weighted by atomic mass is 10.4. The van der Waals surface area contributed by atoms with Crippen molar-refractivity contribution in [3.8, 4) is 0 Å². The Kier molecular flexibility index (Phi) is 3.16. The van der Waals surface area contributed by atoms with Crippen LogP contribution >= 0.6 is 23.6 Å². The highest BCUT2D eigenvalue weighted by molar-refractivity contribution is 7.81. The van der Waals surface area contributed by atoms with Crippen LogP contribution in [0.1, 0.15) is 12.6 Å². The maximum Gasteiger partial charge on any atom is 0.295 e. The van der Waals surface area contributed by atoms with Gasteiger partial charge < -0.3 is 0 Å². The van der Waals surface area contributed by atoms with Gasteiger partial charge in [0.05, 0.1) is 11.9 Å². The Labute approximate surface area is 101 Å². The SMILES string of the molecule is CCc1csc(NC(=O)C2=NC(=S)C=N2)n1. The molecule has 0 aliphatic carbocycles. The highest BCUT2D eigenvalue weighted by atomic mass is 32.1. The minimum Gasteiger partial charge on any atom is -0.295 e. The highest BCUT2D eigenvalue weighted by Crippen LogP contribution is 2.15. The van der Waals surface area contributed by atoms with E-state index in [4.69, 9.17) is 12.2 Å². The molecule has 16 heavy (non-hydrogen) atoms. The molecule has 1 N–H and O–H groups in total. The quantitative estimate of drug-likeness (QED) is 0.828. The number of rotatable bonds is 3. The van der Waals surface area contributed by atoms with Crippen LogP contribution in [0.25, 0.3) is 0 Å². The Balaban J connectivity index is 2.05. The highest BCUT2D eigenvalue weighted by Gasteiger charge is 2.16. The summed E-state index contributed by atoms with van der Waals surface area (Å²) in [4.78, 5) is 23.7. The molecule has 2 heterocycles. The Morgan fingerprint density at radius 3 is 3.00 bits per heavy atom. The van der Waals surface area contributed by atoms with Gasteiger partial charge in [-0.2, -0.15) is 0 Å². The Hall–Kier alpha value is -1.47. The van der Waals surface area contributed by atoms with E-state index in [1.165, 1.54) is 17.6 Å². The molecular weight excluding hydrogens is 244 g/mol. The molecule has 1 aromatic heterocycles. The standard InChI is InChI=1S/C9H8N4OS2/c1-2-5-4-16-9(11-5)13-8(14)7-10-3-6(15)12-7/h3-4H,2H2,1H3,(H,11,13,14). The van der Waals surface area contributed by atoms with Gasteiger partial charge in [-0.1, -0.05) is 19.1 Å². The Morgan fingerprint density at radius 1 is 1.62 bits per heavy atom. The third-order valence-corrected chi connectivity index (χ3v) is 2.85. The van der Waals surface area contributed by atoms with Gasteiger partial charge in [0.25, 0.3) is 5.91 Å². The number of hydrogen-bond donors (Lipinski definition) is 1. The van der Waals surface area contributed by atoms with E-state index < -0.39 is 0 Å². The van der Waals surface area contributed by atoms with Gasteiger partial charge >= 0.3 is 0 Å². The maximum absolute atomic E-state index is 11.6. The number of aryl methyl sites for hydroxylation is 1. The lowest BCUT2D eigenvalue weighted by Crippen LogP contribution is -2.20. The van der Waals surface area contributed by atoms with Gasteiger partial charge in [0, 0.05) is 5.38 Å². The number of amides is 1. The molecule has 1 aromatic rings. The molecule has 0 saturated heterocycles. The minimum atomic E-state index is -0.381. The van der Waals surface area contributed by atoms with Crippen molar-refractivity contribution >= 4 is 51.6 Å². The normalized spacial score (nSPS) is 14.1. The van der Waals surface area contributed by atoms with Crippen molar-refractivity contribution in [3.63, 3.8) is 0 Å². The average molecular weight is 252 g/mol. The second-order valence-electron chi connectivity index (χ2n) is 2.98. The summed E-state index contributed by atoms with van der Waals surface area (Å²) in [6, 6.07) is 0. The molecule has 7 heteroatoms. The summed E-state index contributed by atoms with van der Waals surface area (Å²) in [7, 11) is 0. The fourth-order valence-corrected chi connectivity index (χ4v) is 2.00. The molecule has 0 radical (unpaired) electrons. The molecule has 0 aromatic carbocycles. The average Bonchev–Trinajstić information content (AvgIpc) is 2.87. The smallest absolute Gasteiger partial charge is 0.295 e. The predicted molar refractivity (Wildman–Crippen MR) is 68.6 cm³/mol. The number of aliphatic imine (C=N–C) groups is 2. The van der Waals surface area contributed by atoms with E-state index in [0.29, 0.717) is 10.1 Å². The van der Waals surface area contributed by atoms with Gasteiger partial charge in [-0.3, -0.25) is 10.1 Å². The first-order valence-electron chi connectivity index (χ1n) is 4.61. The summed E-state index contributed by atoms with van der Waals surface area (Å²) in [6.07, 6.45) is 2.22. The Morgan fingerprint density at radius 2 is 2.44 bits per heavy atom. The third kappa shape index (κ3) is 2.37. The van der Waals surface area contributed by atoms with Crippen LogP contribution < -0.4 is 5.32 Å². The number of anilines is 1. The lowest BCUT2D eigenvalue weighted by Gasteiger charge is -1.97. The summed E-state index contributed by atoms with van der Waals surface area (Å²) >= 11 is 6.15. The summed E-state index contributed by atoms with van der Waals surface area (Å²) < 4.78 is 0. The largest absolute Gasteiger partial charge is 0.295 e. The molecule has 0 unspecified atom stereocenters. The molecule has 1 aliphatic rings. The molecule has 5 nitrogen and oxygen atoms in total. The number of aromatic nitrogens is 1. The monoisotopic (exact) mass is 252 g/mol. The molecule has 82 valence electrons. The van der Waals surface area contributed by atoms with Crippen molar-refractivity contribution in [3.05, 3.63) is 11.1 Å². The zero-order valence-corrected chi connectivity index (χ0v) is 10.1. The van der Waals surface area contributed by atoms with E-state index in [1.54, 1.807) is 0 Å². The molecule has 2 rings (SSSR count). The Bertz CT molecular complexity index is 503. The third-order valence-electron chi connectivity index (χ3n) is 1.85. The van der Waals surface area contributed by atoms with E-state index in [2.05, 4.69) is 20.3 Å². The van der Waals surface area contributed by atoms with Gasteiger partial charge in [-0.25, -0.2) is 15.0 Å². The van der Waals surface area contributed by atoms with Gasteiger partial charge in [0.15, 0.2) is 5.13 Å². The van der Waals surface area contributed by atoms with Crippen molar-refractivity contribution < 1.29 is 4.79 Å². The zero-order chi connectivity index (χ0) is 11.5. The predicted octanol–water partition coefficient (Wildman–Crippen LogP) is 1.45. The van der Waals surface area contributed by atoms with Crippen molar-refractivity contribution in [2.75, 3.05) is 5.32 Å². The van der Waals surface area contributed by atoms with E-state index in [0.717, 1.165) is 12.1 Å². The summed E-state index contributed by atoms with van der Waals surface area (Å²) in [5.41, 5.74) is 0.952. The fraction of sp³-hybridized carbons (Fsp3) is 0.222. The number of thiocarbonyl (C=S) groups is 1. The number of amidine groups is 1. The van der Waals surface area contributed by atoms with Crippen LogP contribution in [0.2, 0.25) is 0 Å². The van der Waals surface area contributed by atoms with Crippen molar-refractivity contribution in [2.45, 2.75) is 13.3 Å². The molecule has 0 saturated carbocycles. The minimum absolute atomic E-state index is 0.0817. The molecular formula is C9H8N4OS2. The topological polar surface area (TPSA) is 66.7 Å². The van der Waals surface area contributed by atoms with Crippen LogP contribution in [0.5, 0.6) is 0 Å². The second kappa shape index (κ2) is 4.58. The van der Waals surface area contributed by atoms with Crippen molar-refractivity contribution in [2.24, 2.45) is 9.98 Å². The van der Waals surface area contributed by atoms with E-state index in [1.807, 2.05) is 12.3 Å². The van der Waals surface area contributed by atoms with Crippen LogP contribution in [-0.2, 0) is 11.2 Å². The molecule has 1 amide bonds. The maximum atomic E-state index is 11.6. The first-order valence-corrected chi connectivity index (χ1v) is 5.90. The molecule has 1 aliphatic heterocycles. The van der Waals surface area contributed by atoms with Crippen molar-refractivity contribution in [1.29, 1.82) is 0 Å².